The Morgan fingerprint density at radius 3 is 1.65 bits per heavy atom. The van der Waals surface area contributed by atoms with Crippen LogP contribution in [0.2, 0.25) is 0 Å². The number of primary amides is 1. The van der Waals surface area contributed by atoms with Gasteiger partial charge in [0.15, 0.2) is 0 Å². The second-order valence-electron chi connectivity index (χ2n) is 15.1. The van der Waals surface area contributed by atoms with Gasteiger partial charge in [0.05, 0.1) is 12.7 Å². The number of hydrogen-bond acceptors (Lipinski definition) is 11. The van der Waals surface area contributed by atoms with Gasteiger partial charge in [0.2, 0.25) is 41.4 Å². The van der Waals surface area contributed by atoms with Gasteiger partial charge in [-0.15, -0.1) is 0 Å². The lowest BCUT2D eigenvalue weighted by Crippen LogP contribution is -2.61. The number of H-pyrrole nitrogens is 2. The number of phenols is 1. The first-order chi connectivity index (χ1) is 28.5. The van der Waals surface area contributed by atoms with E-state index in [0.717, 1.165) is 0 Å². The summed E-state index contributed by atoms with van der Waals surface area (Å²) in [5.41, 5.74) is 7.25. The number of nitrogens with zero attached hydrogens (tertiary/aromatic N) is 2. The van der Waals surface area contributed by atoms with E-state index in [1.165, 1.54) is 55.9 Å². The Morgan fingerprint density at radius 1 is 0.700 bits per heavy atom. The largest absolute Gasteiger partial charge is 0.508 e. The van der Waals surface area contributed by atoms with Crippen LogP contribution in [0.5, 0.6) is 5.75 Å². The Morgan fingerprint density at radius 2 is 1.18 bits per heavy atom. The monoisotopic (exact) mass is 853 g/mol. The molecule has 0 saturated carbocycles. The van der Waals surface area contributed by atoms with Gasteiger partial charge in [-0.05, 0) is 54.4 Å². The molecule has 0 fully saturated rings. The van der Waals surface area contributed by atoms with Gasteiger partial charge in [0, 0.05) is 50.0 Å². The molecule has 328 valence electrons. The van der Waals surface area contributed by atoms with E-state index in [-0.39, 0.29) is 43.8 Å². The van der Waals surface area contributed by atoms with Crippen LogP contribution < -0.4 is 37.6 Å². The number of phenolic OH excluding ortho intramolecular Hbond substituents is 1. The average Bonchev–Trinajstić information content (AvgIpc) is 3.92. The van der Waals surface area contributed by atoms with Gasteiger partial charge < -0.3 is 52.7 Å². The first-order valence-corrected chi connectivity index (χ1v) is 21.2. The van der Waals surface area contributed by atoms with Crippen LogP contribution in [-0.4, -0.2) is 115 Å². The zero-order chi connectivity index (χ0) is 44.4. The minimum atomic E-state index is -1.27. The maximum Gasteiger partial charge on any atom is 0.243 e. The lowest BCUT2D eigenvalue weighted by atomic mass is 9.96. The molecule has 7 amide bonds. The second kappa shape index (κ2) is 24.2. The first kappa shape index (κ1) is 48.4. The van der Waals surface area contributed by atoms with Crippen LogP contribution in [-0.2, 0) is 52.8 Å². The molecule has 0 spiro atoms. The summed E-state index contributed by atoms with van der Waals surface area (Å²) in [6, 6.07) is -0.700. The predicted molar refractivity (Wildman–Crippen MR) is 225 cm³/mol. The number of carbonyl (C=O) groups excluding carboxylic acids is 7. The average molecular weight is 854 g/mol. The lowest BCUT2D eigenvalue weighted by molar-refractivity contribution is -0.136. The Kier molecular flexibility index (Phi) is 19.6. The van der Waals surface area contributed by atoms with Crippen molar-refractivity contribution in [1.29, 1.82) is 0 Å². The molecule has 0 aliphatic rings. The lowest BCUT2D eigenvalue weighted by Gasteiger charge is -2.29. The van der Waals surface area contributed by atoms with Gasteiger partial charge in [-0.1, -0.05) is 46.2 Å². The number of aromatic nitrogens is 4. The number of rotatable bonds is 25. The molecule has 19 nitrogen and oxygen atoms in total. The van der Waals surface area contributed by atoms with Crippen LogP contribution in [0.1, 0.15) is 70.8 Å². The Hall–Kier alpha value is -5.92. The highest BCUT2D eigenvalue weighted by atomic mass is 32.2. The van der Waals surface area contributed by atoms with Crippen molar-refractivity contribution < 1.29 is 38.7 Å². The van der Waals surface area contributed by atoms with Crippen molar-refractivity contribution in [3.05, 3.63) is 66.3 Å². The molecule has 1 aromatic carbocycles. The summed E-state index contributed by atoms with van der Waals surface area (Å²) in [4.78, 5) is 108. The van der Waals surface area contributed by atoms with Crippen molar-refractivity contribution in [2.24, 2.45) is 17.6 Å². The standard InChI is InChI=1S/C40H59N11O8S/c1-7-23(4)34(51-39(58)31(46-24(5)52)15-25-8-10-28(53)11-9-25)40(59)50-33(17-27-19-43-21-45-27)37(56)47-29(12-13-60-6)36(55)49-32(16-26-18-42-20-44-26)38(57)48-30(35(41)54)14-22(2)3/h8-11,18-23,29-34,53H,7,12-17H2,1-6H3,(H2,41,54)(H,42,44)(H,43,45)(H,46,52)(H,47,56)(H,48,57)(H,49,55)(H,50,59)(H,51,58)/t23-,29-,30-,31-,32-,33-,34-/m0/s1. The third-order valence-electron chi connectivity index (χ3n) is 9.70. The fourth-order valence-corrected chi connectivity index (χ4v) is 6.70. The van der Waals surface area contributed by atoms with E-state index in [1.807, 2.05) is 27.0 Å². The molecule has 0 bridgehead atoms. The van der Waals surface area contributed by atoms with Crippen LogP contribution in [0.4, 0.5) is 0 Å². The maximum absolute atomic E-state index is 14.2. The zero-order valence-electron chi connectivity index (χ0n) is 34.9. The number of hydrogen-bond donors (Lipinski definition) is 10. The number of carbonyl (C=O) groups is 7. The molecule has 11 N–H and O–H groups in total. The normalized spacial score (nSPS) is 14.7. The molecule has 0 saturated heterocycles. The molecule has 20 heteroatoms. The summed E-state index contributed by atoms with van der Waals surface area (Å²) in [5.74, 6) is -4.52. The topological polar surface area (TPSA) is 295 Å². The van der Waals surface area contributed by atoms with Gasteiger partial charge in [-0.2, -0.15) is 11.8 Å². The number of nitrogens with one attached hydrogen (secondary N) is 8. The van der Waals surface area contributed by atoms with E-state index in [2.05, 4.69) is 51.8 Å². The fourth-order valence-electron chi connectivity index (χ4n) is 6.23. The Balaban J connectivity index is 1.87. The molecular formula is C40H59N11O8S. The smallest absolute Gasteiger partial charge is 0.243 e. The van der Waals surface area contributed by atoms with Crippen molar-refractivity contribution in [3.63, 3.8) is 0 Å². The van der Waals surface area contributed by atoms with Crippen LogP contribution in [0.25, 0.3) is 0 Å². The van der Waals surface area contributed by atoms with E-state index in [0.29, 0.717) is 29.1 Å². The van der Waals surface area contributed by atoms with Gasteiger partial charge in [0.1, 0.15) is 42.0 Å². The molecule has 3 aromatic rings. The van der Waals surface area contributed by atoms with E-state index in [1.54, 1.807) is 19.1 Å². The van der Waals surface area contributed by atoms with Gasteiger partial charge in [0.25, 0.3) is 0 Å². The SMILES string of the molecule is CC[C@H](C)[C@H](NC(=O)[C@H](Cc1ccc(O)cc1)NC(C)=O)C(=O)N[C@@H](Cc1cnc[nH]1)C(=O)N[C@@H](CCSC)C(=O)N[C@@H](Cc1cnc[nH]1)C(=O)N[C@@H](CC(C)C)C(N)=O. The van der Waals surface area contributed by atoms with Crippen molar-refractivity contribution in [1.82, 2.24) is 51.8 Å². The molecule has 0 radical (unpaired) electrons. The highest BCUT2D eigenvalue weighted by Gasteiger charge is 2.35. The Labute approximate surface area is 353 Å². The van der Waals surface area contributed by atoms with E-state index in [4.69, 9.17) is 5.73 Å². The highest BCUT2D eigenvalue weighted by molar-refractivity contribution is 7.98. The van der Waals surface area contributed by atoms with E-state index in [9.17, 15) is 38.7 Å². The van der Waals surface area contributed by atoms with Crippen molar-refractivity contribution in [3.8, 4) is 5.75 Å². The van der Waals surface area contributed by atoms with Gasteiger partial charge in [-0.25, -0.2) is 9.97 Å². The summed E-state index contributed by atoms with van der Waals surface area (Å²) >= 11 is 1.43. The first-order valence-electron chi connectivity index (χ1n) is 19.8. The summed E-state index contributed by atoms with van der Waals surface area (Å²) in [7, 11) is 0. The molecular weight excluding hydrogens is 795 g/mol. The molecule has 60 heavy (non-hydrogen) atoms. The molecule has 0 aliphatic carbocycles. The van der Waals surface area contributed by atoms with Gasteiger partial charge >= 0.3 is 0 Å². The predicted octanol–water partition coefficient (Wildman–Crippen LogP) is 0.126. The van der Waals surface area contributed by atoms with Crippen LogP contribution in [0, 0.1) is 11.8 Å². The van der Waals surface area contributed by atoms with Crippen molar-refractivity contribution in [2.45, 2.75) is 109 Å². The number of thioether (sulfide) groups is 1. The molecule has 0 unspecified atom stereocenters. The zero-order valence-corrected chi connectivity index (χ0v) is 35.7. The van der Waals surface area contributed by atoms with Gasteiger partial charge in [-0.3, -0.25) is 33.6 Å². The maximum atomic E-state index is 14.2. The fraction of sp³-hybridized carbons (Fsp3) is 0.525. The third-order valence-corrected chi connectivity index (χ3v) is 10.3. The molecule has 2 heterocycles. The molecule has 0 aliphatic heterocycles. The van der Waals surface area contributed by atoms with Crippen LogP contribution in [0.3, 0.4) is 0 Å². The second-order valence-corrected chi connectivity index (χ2v) is 16.1. The minimum absolute atomic E-state index is 0.0209. The Bertz CT molecular complexity index is 1860. The summed E-state index contributed by atoms with van der Waals surface area (Å²) in [6.07, 6.45) is 8.50. The number of nitrogens with two attached hydrogens (primary N) is 1. The highest BCUT2D eigenvalue weighted by Crippen LogP contribution is 2.14. The minimum Gasteiger partial charge on any atom is -0.508 e. The molecule has 2 aromatic heterocycles. The summed E-state index contributed by atoms with van der Waals surface area (Å²) in [5, 5.41) is 26.0. The number of amides is 7. The van der Waals surface area contributed by atoms with E-state index >= 15 is 0 Å². The summed E-state index contributed by atoms with van der Waals surface area (Å²) in [6.45, 7) is 8.61. The molecule has 3 rings (SSSR count). The number of aromatic hydroxyl groups is 1. The quantitative estimate of drug-likeness (QED) is 0.0547. The number of aromatic amines is 2. The van der Waals surface area contributed by atoms with Crippen molar-refractivity contribution in [2.75, 3.05) is 12.0 Å². The van der Waals surface area contributed by atoms with E-state index < -0.39 is 83.5 Å². The molecule has 7 atom stereocenters. The third kappa shape index (κ3) is 16.0. The van der Waals surface area contributed by atoms with Crippen LogP contribution >= 0.6 is 11.8 Å². The number of benzene rings is 1. The number of imidazole rings is 2. The van der Waals surface area contributed by atoms with Crippen molar-refractivity contribution >= 4 is 53.1 Å². The van der Waals surface area contributed by atoms with Crippen LogP contribution in [0.15, 0.2) is 49.3 Å². The summed E-state index contributed by atoms with van der Waals surface area (Å²) < 4.78 is 0.